The Labute approximate surface area is 215 Å². The lowest BCUT2D eigenvalue weighted by Crippen LogP contribution is -2.30. The molecule has 192 valence electrons. The number of unbranched alkanes of at least 4 members (excludes halogenated alkanes) is 3. The quantitative estimate of drug-likeness (QED) is 0.229. The van der Waals surface area contributed by atoms with Crippen LogP contribution in [0.3, 0.4) is 0 Å². The van der Waals surface area contributed by atoms with Crippen LogP contribution >= 0.6 is 11.3 Å². The van der Waals surface area contributed by atoms with Crippen LogP contribution in [0.4, 0.5) is 0 Å². The predicted molar refractivity (Wildman–Crippen MR) is 143 cm³/mol. The van der Waals surface area contributed by atoms with Gasteiger partial charge >= 0.3 is 0 Å². The topological polar surface area (TPSA) is 94.8 Å². The SMILES string of the molecule is CCCCCCOc1ccc(/C=N\NC(=O)Cn2cnc3sc4c(c3c2=O)CCC(C)C4)cc1OC. The number of ether oxygens (including phenoxy) is 2. The molecule has 9 heteroatoms. The van der Waals surface area contributed by atoms with Crippen LogP contribution in [-0.2, 0) is 24.2 Å². The molecule has 0 bridgehead atoms. The number of benzene rings is 1. The fraction of sp³-hybridized carbons (Fsp3) is 0.481. The largest absolute Gasteiger partial charge is 0.493 e. The molecule has 1 aromatic carbocycles. The van der Waals surface area contributed by atoms with E-state index in [0.717, 1.165) is 48.1 Å². The van der Waals surface area contributed by atoms with Crippen molar-refractivity contribution in [3.05, 3.63) is 50.9 Å². The zero-order valence-electron chi connectivity index (χ0n) is 21.2. The van der Waals surface area contributed by atoms with Gasteiger partial charge < -0.3 is 9.47 Å². The number of hydrogen-bond donors (Lipinski definition) is 1. The Morgan fingerprint density at radius 2 is 2.17 bits per heavy atom. The summed E-state index contributed by atoms with van der Waals surface area (Å²) in [5, 5.41) is 4.71. The van der Waals surface area contributed by atoms with E-state index >= 15 is 0 Å². The van der Waals surface area contributed by atoms with Crippen LogP contribution in [0, 0.1) is 5.92 Å². The minimum atomic E-state index is -0.397. The zero-order chi connectivity index (χ0) is 25.5. The average Bonchev–Trinajstić information content (AvgIpc) is 3.24. The number of amides is 1. The molecule has 0 spiro atoms. The molecule has 1 amide bonds. The maximum absolute atomic E-state index is 13.1. The number of nitrogens with zero attached hydrogens (tertiary/aromatic N) is 3. The number of carbonyl (C=O) groups is 1. The van der Waals surface area contributed by atoms with E-state index in [1.807, 2.05) is 12.1 Å². The molecule has 36 heavy (non-hydrogen) atoms. The summed E-state index contributed by atoms with van der Waals surface area (Å²) in [5.74, 6) is 1.52. The molecule has 1 unspecified atom stereocenters. The van der Waals surface area contributed by atoms with E-state index in [2.05, 4.69) is 29.4 Å². The number of rotatable bonds is 11. The van der Waals surface area contributed by atoms with Crippen LogP contribution in [0.25, 0.3) is 10.2 Å². The summed E-state index contributed by atoms with van der Waals surface area (Å²) in [6.07, 6.45) is 10.5. The molecule has 1 N–H and O–H groups in total. The van der Waals surface area contributed by atoms with Crippen molar-refractivity contribution in [1.29, 1.82) is 0 Å². The van der Waals surface area contributed by atoms with E-state index in [-0.39, 0.29) is 12.1 Å². The van der Waals surface area contributed by atoms with Crippen molar-refractivity contribution in [2.45, 2.75) is 65.3 Å². The summed E-state index contributed by atoms with van der Waals surface area (Å²) in [5.41, 5.74) is 4.20. The summed E-state index contributed by atoms with van der Waals surface area (Å²) in [6, 6.07) is 5.49. The second-order valence-corrected chi connectivity index (χ2v) is 10.4. The number of nitrogens with one attached hydrogen (secondary N) is 1. The standard InChI is InChI=1S/C27H34N4O4S/c1-4-5-6-7-12-35-21-11-9-19(14-22(21)34-3)15-29-30-24(32)16-31-17-28-26-25(27(31)33)20-10-8-18(2)13-23(20)36-26/h9,11,14-15,17-18H,4-8,10,12-13,16H2,1-3H3,(H,30,32)/b29-15-. The molecule has 8 nitrogen and oxygen atoms in total. The zero-order valence-corrected chi connectivity index (χ0v) is 22.0. The highest BCUT2D eigenvalue weighted by atomic mass is 32.1. The van der Waals surface area contributed by atoms with Crippen LogP contribution in [0.15, 0.2) is 34.4 Å². The summed E-state index contributed by atoms with van der Waals surface area (Å²) < 4.78 is 12.6. The van der Waals surface area contributed by atoms with Gasteiger partial charge in [-0.1, -0.05) is 33.1 Å². The average molecular weight is 511 g/mol. The maximum Gasteiger partial charge on any atom is 0.262 e. The van der Waals surface area contributed by atoms with E-state index in [9.17, 15) is 9.59 Å². The normalized spacial score (nSPS) is 15.2. The number of hydrazone groups is 1. The number of methoxy groups -OCH3 is 1. The van der Waals surface area contributed by atoms with Gasteiger partial charge in [-0.15, -0.1) is 11.3 Å². The molecular weight excluding hydrogens is 476 g/mol. The Hall–Kier alpha value is -3.20. The number of fused-ring (bicyclic) bond motifs is 3. The minimum absolute atomic E-state index is 0.145. The van der Waals surface area contributed by atoms with Crippen molar-refractivity contribution in [2.24, 2.45) is 11.0 Å². The second-order valence-electron chi connectivity index (χ2n) is 9.32. The number of aromatic nitrogens is 2. The lowest BCUT2D eigenvalue weighted by atomic mass is 9.89. The monoisotopic (exact) mass is 510 g/mol. The van der Waals surface area contributed by atoms with E-state index < -0.39 is 5.91 Å². The maximum atomic E-state index is 13.1. The van der Waals surface area contributed by atoms with Gasteiger partial charge in [-0.3, -0.25) is 14.2 Å². The number of thiophene rings is 1. The van der Waals surface area contributed by atoms with Crippen molar-refractivity contribution in [2.75, 3.05) is 13.7 Å². The summed E-state index contributed by atoms with van der Waals surface area (Å²) in [6.45, 7) is 4.92. The molecule has 0 aliphatic heterocycles. The molecule has 0 saturated heterocycles. The van der Waals surface area contributed by atoms with Gasteiger partial charge in [-0.05, 0) is 60.9 Å². The Morgan fingerprint density at radius 1 is 1.31 bits per heavy atom. The molecule has 3 aromatic rings. The lowest BCUT2D eigenvalue weighted by molar-refractivity contribution is -0.121. The van der Waals surface area contributed by atoms with Gasteiger partial charge in [-0.25, -0.2) is 10.4 Å². The van der Waals surface area contributed by atoms with Gasteiger partial charge in [0.25, 0.3) is 11.5 Å². The van der Waals surface area contributed by atoms with Crippen LogP contribution in [0.5, 0.6) is 11.5 Å². The highest BCUT2D eigenvalue weighted by Gasteiger charge is 2.23. The van der Waals surface area contributed by atoms with Crippen molar-refractivity contribution in [1.82, 2.24) is 15.0 Å². The van der Waals surface area contributed by atoms with Gasteiger partial charge in [0.05, 0.1) is 31.6 Å². The first-order valence-corrected chi connectivity index (χ1v) is 13.4. The first-order chi connectivity index (χ1) is 17.5. The molecule has 0 fully saturated rings. The van der Waals surface area contributed by atoms with E-state index in [1.165, 1.54) is 34.8 Å². The third-order valence-corrected chi connectivity index (χ3v) is 7.60. The van der Waals surface area contributed by atoms with E-state index in [0.29, 0.717) is 29.4 Å². The highest BCUT2D eigenvalue weighted by molar-refractivity contribution is 7.18. The Bertz CT molecular complexity index is 1300. The molecule has 0 radical (unpaired) electrons. The lowest BCUT2D eigenvalue weighted by Gasteiger charge is -2.17. The Morgan fingerprint density at radius 3 is 2.97 bits per heavy atom. The van der Waals surface area contributed by atoms with Gasteiger partial charge in [0.15, 0.2) is 11.5 Å². The molecule has 2 heterocycles. The first-order valence-electron chi connectivity index (χ1n) is 12.6. The van der Waals surface area contributed by atoms with E-state index in [4.69, 9.17) is 9.47 Å². The Kier molecular flexibility index (Phi) is 8.74. The van der Waals surface area contributed by atoms with Crippen molar-refractivity contribution >= 4 is 33.7 Å². The number of hydrogen-bond acceptors (Lipinski definition) is 7. The minimum Gasteiger partial charge on any atom is -0.493 e. The molecule has 1 atom stereocenters. The van der Waals surface area contributed by atoms with Gasteiger partial charge in [0.2, 0.25) is 0 Å². The van der Waals surface area contributed by atoms with Crippen LogP contribution in [0.1, 0.15) is 62.0 Å². The fourth-order valence-corrected chi connectivity index (χ4v) is 5.78. The van der Waals surface area contributed by atoms with Crippen molar-refractivity contribution in [3.63, 3.8) is 0 Å². The van der Waals surface area contributed by atoms with Crippen molar-refractivity contribution < 1.29 is 14.3 Å². The summed E-state index contributed by atoms with van der Waals surface area (Å²) in [4.78, 5) is 32.0. The van der Waals surface area contributed by atoms with Crippen molar-refractivity contribution in [3.8, 4) is 11.5 Å². The fourth-order valence-electron chi connectivity index (χ4n) is 4.44. The third-order valence-electron chi connectivity index (χ3n) is 6.44. The predicted octanol–water partition coefficient (Wildman–Crippen LogP) is 4.70. The van der Waals surface area contributed by atoms with Crippen LogP contribution in [0.2, 0.25) is 0 Å². The third kappa shape index (κ3) is 6.13. The summed E-state index contributed by atoms with van der Waals surface area (Å²) >= 11 is 1.60. The van der Waals surface area contributed by atoms with E-state index in [1.54, 1.807) is 24.5 Å². The molecular formula is C27H34N4O4S. The molecule has 4 rings (SSSR count). The highest BCUT2D eigenvalue weighted by Crippen LogP contribution is 2.35. The molecule has 1 aliphatic rings. The summed E-state index contributed by atoms with van der Waals surface area (Å²) in [7, 11) is 1.59. The molecule has 2 aromatic heterocycles. The van der Waals surface area contributed by atoms with Gasteiger partial charge in [0.1, 0.15) is 11.4 Å². The second kappa shape index (κ2) is 12.2. The van der Waals surface area contributed by atoms with Crippen LogP contribution < -0.4 is 20.5 Å². The number of aryl methyl sites for hydroxylation is 1. The van der Waals surface area contributed by atoms with Gasteiger partial charge in [0, 0.05) is 4.88 Å². The molecule has 1 aliphatic carbocycles. The smallest absolute Gasteiger partial charge is 0.262 e. The Balaban J connectivity index is 1.36. The number of carbonyl (C=O) groups excluding carboxylic acids is 1. The first kappa shape index (κ1) is 25.9. The van der Waals surface area contributed by atoms with Gasteiger partial charge in [-0.2, -0.15) is 5.10 Å². The van der Waals surface area contributed by atoms with Crippen LogP contribution in [-0.4, -0.2) is 35.4 Å². The molecule has 0 saturated carbocycles.